The van der Waals surface area contributed by atoms with Gasteiger partial charge in [-0.2, -0.15) is 0 Å². The number of carbonyl (C=O) groups is 1. The molecule has 1 aromatic carbocycles. The van der Waals surface area contributed by atoms with Crippen LogP contribution in [0.4, 0.5) is 0 Å². The molecule has 1 aromatic rings. The van der Waals surface area contributed by atoms with Crippen molar-refractivity contribution in [2.75, 3.05) is 25.9 Å². The van der Waals surface area contributed by atoms with Crippen molar-refractivity contribution in [2.45, 2.75) is 18.6 Å². The molecule has 2 unspecified atom stereocenters. The second-order valence-corrected chi connectivity index (χ2v) is 6.49. The smallest absolute Gasteiger partial charge is 0.240 e. The van der Waals surface area contributed by atoms with E-state index in [1.54, 1.807) is 11.8 Å². The second kappa shape index (κ2) is 7.34. The third kappa shape index (κ3) is 3.68. The van der Waals surface area contributed by atoms with Gasteiger partial charge >= 0.3 is 0 Å². The van der Waals surface area contributed by atoms with Gasteiger partial charge in [0.2, 0.25) is 5.91 Å². The van der Waals surface area contributed by atoms with Gasteiger partial charge in [0.25, 0.3) is 0 Å². The first kappa shape index (κ1) is 17.3. The molecule has 1 saturated heterocycles. The Hall–Kier alpha value is -0.710. The zero-order valence-electron chi connectivity index (χ0n) is 12.0. The highest BCUT2D eigenvalue weighted by molar-refractivity contribution is 7.99. The topological polar surface area (TPSA) is 46.3 Å². The number of hydrogen-bond donors (Lipinski definition) is 1. The van der Waals surface area contributed by atoms with Crippen LogP contribution in [0.25, 0.3) is 0 Å². The number of benzene rings is 1. The molecule has 2 N–H and O–H groups in total. The number of nitrogens with zero attached hydrogens (tertiary/aromatic N) is 1. The predicted octanol–water partition coefficient (Wildman–Crippen LogP) is 2.71. The number of nitrogens with two attached hydrogens (primary N) is 1. The van der Waals surface area contributed by atoms with Gasteiger partial charge in [-0.05, 0) is 30.2 Å². The number of amides is 1. The molecule has 112 valence electrons. The van der Waals surface area contributed by atoms with Crippen molar-refractivity contribution in [3.63, 3.8) is 0 Å². The number of likely N-dealkylation sites (tertiary alicyclic amines) is 1. The first-order valence-electron chi connectivity index (χ1n) is 6.66. The molecule has 0 aromatic heterocycles. The van der Waals surface area contributed by atoms with Crippen LogP contribution in [0, 0.1) is 5.41 Å². The third-order valence-electron chi connectivity index (χ3n) is 3.92. The van der Waals surface area contributed by atoms with Gasteiger partial charge in [0.05, 0.1) is 0 Å². The summed E-state index contributed by atoms with van der Waals surface area (Å²) in [6, 6.07) is 10.0. The molecule has 2 atom stereocenters. The molecule has 20 heavy (non-hydrogen) atoms. The van der Waals surface area contributed by atoms with Crippen LogP contribution in [-0.4, -0.2) is 36.7 Å². The zero-order valence-corrected chi connectivity index (χ0v) is 13.7. The lowest BCUT2D eigenvalue weighted by Gasteiger charge is -2.25. The van der Waals surface area contributed by atoms with Crippen LogP contribution in [0.1, 0.15) is 24.2 Å². The molecular formula is C15H23ClN2OS. The van der Waals surface area contributed by atoms with E-state index in [2.05, 4.69) is 6.92 Å². The van der Waals surface area contributed by atoms with Crippen LogP contribution in [0.2, 0.25) is 0 Å². The van der Waals surface area contributed by atoms with Gasteiger partial charge in [-0.3, -0.25) is 4.79 Å². The first-order valence-corrected chi connectivity index (χ1v) is 7.95. The maximum absolute atomic E-state index is 12.6. The highest BCUT2D eigenvalue weighted by atomic mass is 35.5. The molecule has 0 aliphatic carbocycles. The zero-order chi connectivity index (χ0) is 13.9. The number of rotatable bonds is 4. The molecule has 1 fully saturated rings. The molecule has 0 spiro atoms. The number of hydrogen-bond acceptors (Lipinski definition) is 3. The van der Waals surface area contributed by atoms with E-state index >= 15 is 0 Å². The fraction of sp³-hybridized carbons (Fsp3) is 0.533. The van der Waals surface area contributed by atoms with Crippen LogP contribution in [0.3, 0.4) is 0 Å². The van der Waals surface area contributed by atoms with Gasteiger partial charge in [0, 0.05) is 13.1 Å². The maximum Gasteiger partial charge on any atom is 0.240 e. The minimum Gasteiger partial charge on any atom is -0.341 e. The lowest BCUT2D eigenvalue weighted by molar-refractivity contribution is -0.130. The van der Waals surface area contributed by atoms with Crippen molar-refractivity contribution in [1.82, 2.24) is 4.90 Å². The van der Waals surface area contributed by atoms with Crippen LogP contribution in [-0.2, 0) is 4.79 Å². The Kier molecular flexibility index (Phi) is 6.37. The van der Waals surface area contributed by atoms with Crippen molar-refractivity contribution in [3.8, 4) is 0 Å². The van der Waals surface area contributed by atoms with E-state index in [9.17, 15) is 4.79 Å². The Labute approximate surface area is 131 Å². The molecule has 0 saturated carbocycles. The summed E-state index contributed by atoms with van der Waals surface area (Å²) >= 11 is 1.60. The lowest BCUT2D eigenvalue weighted by atomic mass is 9.90. The van der Waals surface area contributed by atoms with Crippen molar-refractivity contribution in [1.29, 1.82) is 0 Å². The first-order chi connectivity index (χ1) is 9.09. The van der Waals surface area contributed by atoms with E-state index < -0.39 is 0 Å². The predicted molar refractivity (Wildman–Crippen MR) is 88.3 cm³/mol. The lowest BCUT2D eigenvalue weighted by Crippen LogP contribution is -2.36. The molecule has 3 nitrogen and oxygen atoms in total. The maximum atomic E-state index is 12.6. The summed E-state index contributed by atoms with van der Waals surface area (Å²) in [7, 11) is 0. The monoisotopic (exact) mass is 314 g/mol. The van der Waals surface area contributed by atoms with Gasteiger partial charge < -0.3 is 10.6 Å². The molecule has 1 amide bonds. The normalized spacial score (nSPS) is 23.2. The van der Waals surface area contributed by atoms with Gasteiger partial charge in [-0.15, -0.1) is 24.2 Å². The van der Waals surface area contributed by atoms with Crippen LogP contribution >= 0.6 is 24.2 Å². The molecule has 1 aliphatic rings. The van der Waals surface area contributed by atoms with Crippen LogP contribution < -0.4 is 5.73 Å². The highest BCUT2D eigenvalue weighted by Crippen LogP contribution is 2.34. The minimum atomic E-state index is -0.0960. The average Bonchev–Trinajstić information content (AvgIpc) is 2.84. The molecule has 2 rings (SSSR count). The number of thioether (sulfide) groups is 1. The van der Waals surface area contributed by atoms with Gasteiger partial charge in [-0.25, -0.2) is 0 Å². The molecule has 1 heterocycles. The van der Waals surface area contributed by atoms with Crippen molar-refractivity contribution >= 4 is 30.1 Å². The Morgan fingerprint density at radius 2 is 2.10 bits per heavy atom. The second-order valence-electron chi connectivity index (χ2n) is 5.55. The SMILES string of the molecule is CSC(C(=O)N1CCC(C)(CN)C1)c1ccccc1.Cl. The van der Waals surface area contributed by atoms with E-state index in [-0.39, 0.29) is 29.0 Å². The van der Waals surface area contributed by atoms with E-state index in [1.165, 1.54) is 0 Å². The standard InChI is InChI=1S/C15H22N2OS.ClH/c1-15(10-16)8-9-17(11-15)14(18)13(19-2)12-6-4-3-5-7-12;/h3-7,13H,8-11,16H2,1-2H3;1H. The van der Waals surface area contributed by atoms with Crippen molar-refractivity contribution < 1.29 is 4.79 Å². The third-order valence-corrected chi connectivity index (χ3v) is 4.87. The summed E-state index contributed by atoms with van der Waals surface area (Å²) < 4.78 is 0. The van der Waals surface area contributed by atoms with Gasteiger partial charge in [-0.1, -0.05) is 37.3 Å². The van der Waals surface area contributed by atoms with E-state index in [1.807, 2.05) is 41.5 Å². The summed E-state index contributed by atoms with van der Waals surface area (Å²) in [6.45, 7) is 4.42. The van der Waals surface area contributed by atoms with E-state index in [0.29, 0.717) is 6.54 Å². The number of carbonyl (C=O) groups excluding carboxylic acids is 1. The van der Waals surface area contributed by atoms with Crippen molar-refractivity contribution in [2.24, 2.45) is 11.1 Å². The fourth-order valence-corrected chi connectivity index (χ4v) is 3.33. The van der Waals surface area contributed by atoms with Gasteiger partial charge in [0.15, 0.2) is 0 Å². The molecule has 0 radical (unpaired) electrons. The largest absolute Gasteiger partial charge is 0.341 e. The molecule has 0 bridgehead atoms. The average molecular weight is 315 g/mol. The van der Waals surface area contributed by atoms with Crippen LogP contribution in [0.15, 0.2) is 30.3 Å². The summed E-state index contributed by atoms with van der Waals surface area (Å²) in [6.07, 6.45) is 3.00. The summed E-state index contributed by atoms with van der Waals surface area (Å²) in [5, 5.41) is -0.0960. The minimum absolute atomic E-state index is 0. The molecule has 1 aliphatic heterocycles. The fourth-order valence-electron chi connectivity index (χ4n) is 2.55. The quantitative estimate of drug-likeness (QED) is 0.929. The summed E-state index contributed by atoms with van der Waals surface area (Å²) in [4.78, 5) is 14.6. The number of halogens is 1. The Bertz CT molecular complexity index is 443. The highest BCUT2D eigenvalue weighted by Gasteiger charge is 2.37. The Balaban J connectivity index is 0.00000200. The Morgan fingerprint density at radius 3 is 2.60 bits per heavy atom. The van der Waals surface area contributed by atoms with E-state index in [4.69, 9.17) is 5.73 Å². The summed E-state index contributed by atoms with van der Waals surface area (Å²) in [5.74, 6) is 0.218. The summed E-state index contributed by atoms with van der Waals surface area (Å²) in [5.41, 5.74) is 6.98. The van der Waals surface area contributed by atoms with Crippen LogP contribution in [0.5, 0.6) is 0 Å². The molecule has 5 heteroatoms. The van der Waals surface area contributed by atoms with Crippen molar-refractivity contribution in [3.05, 3.63) is 35.9 Å². The Morgan fingerprint density at radius 1 is 1.45 bits per heavy atom. The van der Waals surface area contributed by atoms with E-state index in [0.717, 1.165) is 25.1 Å². The molecular weight excluding hydrogens is 292 g/mol. The van der Waals surface area contributed by atoms with Gasteiger partial charge in [0.1, 0.15) is 5.25 Å².